The molecule has 0 N–H and O–H groups in total. The topological polar surface area (TPSA) is 36.7 Å². The molecule has 3 rings (SSSR count). The molecule has 2 nitrogen and oxygen atoms in total. The van der Waals surface area contributed by atoms with Gasteiger partial charge in [0.05, 0.1) is 11.3 Å². The Hall–Kier alpha value is -2.12. The summed E-state index contributed by atoms with van der Waals surface area (Å²) in [6.07, 6.45) is 1.81. The number of rotatable bonds is 3. The highest BCUT2D eigenvalue weighted by Gasteiger charge is 2.09. The van der Waals surface area contributed by atoms with E-state index in [-0.39, 0.29) is 0 Å². The third-order valence-corrected chi connectivity index (χ3v) is 4.56. The van der Waals surface area contributed by atoms with Gasteiger partial charge >= 0.3 is 0 Å². The monoisotopic (exact) mass is 356 g/mol. The minimum absolute atomic E-state index is 0.525. The van der Waals surface area contributed by atoms with Crippen LogP contribution in [0, 0.1) is 11.3 Å². The largest absolute Gasteiger partial charge is 0.235 e. The second kappa shape index (κ2) is 6.97. The molecule has 0 fully saturated rings. The first-order valence-corrected chi connectivity index (χ1v) is 8.38. The van der Waals surface area contributed by atoms with Crippen molar-refractivity contribution in [2.45, 2.75) is 0 Å². The average Bonchev–Trinajstić information content (AvgIpc) is 3.05. The van der Waals surface area contributed by atoms with E-state index in [1.54, 1.807) is 18.2 Å². The van der Waals surface area contributed by atoms with Crippen LogP contribution in [0.15, 0.2) is 53.9 Å². The number of thiazole rings is 1. The Bertz CT molecular complexity index is 888. The van der Waals surface area contributed by atoms with Crippen LogP contribution >= 0.6 is 34.5 Å². The van der Waals surface area contributed by atoms with E-state index in [4.69, 9.17) is 23.2 Å². The molecule has 0 saturated carbocycles. The van der Waals surface area contributed by atoms with Gasteiger partial charge in [0.25, 0.3) is 0 Å². The third kappa shape index (κ3) is 3.80. The van der Waals surface area contributed by atoms with Gasteiger partial charge in [0.2, 0.25) is 0 Å². The Morgan fingerprint density at radius 2 is 1.61 bits per heavy atom. The number of halogens is 2. The molecule has 0 saturated heterocycles. The number of benzene rings is 2. The summed E-state index contributed by atoms with van der Waals surface area (Å²) in [6.45, 7) is 0. The summed E-state index contributed by atoms with van der Waals surface area (Å²) in [6, 6.07) is 17.0. The van der Waals surface area contributed by atoms with E-state index in [0.717, 1.165) is 16.8 Å². The first-order chi connectivity index (χ1) is 11.2. The van der Waals surface area contributed by atoms with E-state index in [0.29, 0.717) is 20.6 Å². The van der Waals surface area contributed by atoms with E-state index < -0.39 is 0 Å². The van der Waals surface area contributed by atoms with Crippen molar-refractivity contribution in [3.63, 3.8) is 0 Å². The van der Waals surface area contributed by atoms with Gasteiger partial charge in [0.1, 0.15) is 11.1 Å². The molecule has 0 spiro atoms. The normalized spacial score (nSPS) is 11.3. The highest BCUT2D eigenvalue weighted by molar-refractivity contribution is 7.11. The molecule has 0 aliphatic carbocycles. The molecule has 0 bridgehead atoms. The quantitative estimate of drug-likeness (QED) is 0.525. The highest BCUT2D eigenvalue weighted by Crippen LogP contribution is 2.28. The molecule has 1 aromatic heterocycles. The van der Waals surface area contributed by atoms with Gasteiger partial charge in [-0.2, -0.15) is 5.26 Å². The molecule has 0 radical (unpaired) electrons. The van der Waals surface area contributed by atoms with Gasteiger partial charge in [-0.3, -0.25) is 0 Å². The summed E-state index contributed by atoms with van der Waals surface area (Å²) >= 11 is 13.2. The molecule has 0 amide bonds. The predicted octanol–water partition coefficient (Wildman–Crippen LogP) is 6.18. The summed E-state index contributed by atoms with van der Waals surface area (Å²) in [5.74, 6) is 0. The summed E-state index contributed by atoms with van der Waals surface area (Å²) in [7, 11) is 0. The standard InChI is InChI=1S/C18H10Cl2N2S/c19-15-5-1-12(2-6-15)9-14(10-21)18-22-17(11-23-18)13-3-7-16(20)8-4-13/h1-9,11H. The fraction of sp³-hybridized carbons (Fsp3) is 0. The number of aromatic nitrogens is 1. The Kier molecular flexibility index (Phi) is 4.78. The molecule has 0 atom stereocenters. The summed E-state index contributed by atoms with van der Waals surface area (Å²) in [5, 5.41) is 13.4. The lowest BCUT2D eigenvalue weighted by molar-refractivity contribution is 1.37. The minimum atomic E-state index is 0.525. The lowest BCUT2D eigenvalue weighted by Gasteiger charge is -1.97. The number of nitrogens with zero attached hydrogens (tertiary/aromatic N) is 2. The molecular weight excluding hydrogens is 347 g/mol. The third-order valence-electron chi connectivity index (χ3n) is 3.18. The zero-order valence-corrected chi connectivity index (χ0v) is 14.2. The smallest absolute Gasteiger partial charge is 0.134 e. The summed E-state index contributed by atoms with van der Waals surface area (Å²) in [5.41, 5.74) is 3.24. The van der Waals surface area contributed by atoms with Crippen molar-refractivity contribution >= 4 is 46.2 Å². The molecular formula is C18H10Cl2N2S. The van der Waals surface area contributed by atoms with Gasteiger partial charge in [-0.1, -0.05) is 47.5 Å². The molecule has 2 aromatic carbocycles. The lowest BCUT2D eigenvalue weighted by Crippen LogP contribution is -1.83. The molecule has 0 aliphatic rings. The maximum Gasteiger partial charge on any atom is 0.134 e. The fourth-order valence-corrected chi connectivity index (χ4v) is 3.06. The average molecular weight is 357 g/mol. The van der Waals surface area contributed by atoms with Gasteiger partial charge in [-0.15, -0.1) is 11.3 Å². The van der Waals surface area contributed by atoms with Crippen molar-refractivity contribution in [3.8, 4) is 17.3 Å². The van der Waals surface area contributed by atoms with Gasteiger partial charge in [-0.25, -0.2) is 4.98 Å². The van der Waals surface area contributed by atoms with Gasteiger partial charge in [0, 0.05) is 21.0 Å². The maximum absolute atomic E-state index is 9.42. The van der Waals surface area contributed by atoms with Crippen LogP contribution in [0.25, 0.3) is 22.9 Å². The molecule has 112 valence electrons. The van der Waals surface area contributed by atoms with E-state index in [1.807, 2.05) is 41.8 Å². The zero-order valence-electron chi connectivity index (χ0n) is 11.8. The van der Waals surface area contributed by atoms with Crippen LogP contribution in [0.4, 0.5) is 0 Å². The first kappa shape index (κ1) is 15.8. The Balaban J connectivity index is 1.92. The molecule has 0 unspecified atom stereocenters. The van der Waals surface area contributed by atoms with Crippen LogP contribution in [0.5, 0.6) is 0 Å². The Morgan fingerprint density at radius 3 is 2.22 bits per heavy atom. The van der Waals surface area contributed by atoms with Crippen LogP contribution in [0.2, 0.25) is 10.0 Å². The van der Waals surface area contributed by atoms with E-state index in [1.165, 1.54) is 11.3 Å². The van der Waals surface area contributed by atoms with Crippen molar-refractivity contribution in [1.82, 2.24) is 4.98 Å². The van der Waals surface area contributed by atoms with Crippen molar-refractivity contribution in [2.24, 2.45) is 0 Å². The lowest BCUT2D eigenvalue weighted by atomic mass is 10.1. The van der Waals surface area contributed by atoms with Gasteiger partial charge in [0.15, 0.2) is 0 Å². The van der Waals surface area contributed by atoms with Crippen LogP contribution in [-0.4, -0.2) is 4.98 Å². The van der Waals surface area contributed by atoms with E-state index >= 15 is 0 Å². The molecule has 3 aromatic rings. The Labute approximate surface area is 148 Å². The van der Waals surface area contributed by atoms with E-state index in [2.05, 4.69) is 11.1 Å². The number of nitriles is 1. The second-order valence-electron chi connectivity index (χ2n) is 4.77. The van der Waals surface area contributed by atoms with Crippen LogP contribution in [-0.2, 0) is 0 Å². The van der Waals surface area contributed by atoms with Crippen molar-refractivity contribution in [1.29, 1.82) is 5.26 Å². The fourth-order valence-electron chi connectivity index (χ4n) is 2.02. The maximum atomic E-state index is 9.42. The summed E-state index contributed by atoms with van der Waals surface area (Å²) < 4.78 is 0. The molecule has 0 aliphatic heterocycles. The van der Waals surface area contributed by atoms with Crippen LogP contribution in [0.1, 0.15) is 10.6 Å². The SMILES string of the molecule is N#CC(=Cc1ccc(Cl)cc1)c1nc(-c2ccc(Cl)cc2)cs1. The minimum Gasteiger partial charge on any atom is -0.235 e. The van der Waals surface area contributed by atoms with E-state index in [9.17, 15) is 5.26 Å². The molecule has 23 heavy (non-hydrogen) atoms. The van der Waals surface area contributed by atoms with Crippen molar-refractivity contribution in [3.05, 3.63) is 74.5 Å². The van der Waals surface area contributed by atoms with Crippen molar-refractivity contribution < 1.29 is 0 Å². The van der Waals surface area contributed by atoms with Crippen LogP contribution in [0.3, 0.4) is 0 Å². The Morgan fingerprint density at radius 1 is 1.00 bits per heavy atom. The number of hydrogen-bond donors (Lipinski definition) is 0. The van der Waals surface area contributed by atoms with Crippen LogP contribution < -0.4 is 0 Å². The predicted molar refractivity (Wildman–Crippen MR) is 97.5 cm³/mol. The molecule has 5 heteroatoms. The van der Waals surface area contributed by atoms with Gasteiger partial charge in [-0.05, 0) is 35.9 Å². The number of hydrogen-bond acceptors (Lipinski definition) is 3. The van der Waals surface area contributed by atoms with Gasteiger partial charge < -0.3 is 0 Å². The zero-order chi connectivity index (χ0) is 16.2. The first-order valence-electron chi connectivity index (χ1n) is 6.75. The second-order valence-corrected chi connectivity index (χ2v) is 6.50. The van der Waals surface area contributed by atoms with Crippen molar-refractivity contribution in [2.75, 3.05) is 0 Å². The highest BCUT2D eigenvalue weighted by atomic mass is 35.5. The number of allylic oxidation sites excluding steroid dienone is 1. The summed E-state index contributed by atoms with van der Waals surface area (Å²) in [4.78, 5) is 4.55. The molecule has 1 heterocycles.